The van der Waals surface area contributed by atoms with E-state index in [4.69, 9.17) is 14.2 Å². The van der Waals surface area contributed by atoms with E-state index in [0.717, 1.165) is 77.0 Å². The van der Waals surface area contributed by atoms with Crippen molar-refractivity contribution in [2.45, 2.75) is 361 Å². The lowest BCUT2D eigenvalue weighted by Crippen LogP contribution is -2.30. The molecule has 0 aromatic heterocycles. The van der Waals surface area contributed by atoms with Gasteiger partial charge in [-0.2, -0.15) is 0 Å². The molecular formula is C65H122O6. The largest absolute Gasteiger partial charge is 0.462 e. The van der Waals surface area contributed by atoms with E-state index in [9.17, 15) is 14.4 Å². The second-order valence-electron chi connectivity index (χ2n) is 21.7. The summed E-state index contributed by atoms with van der Waals surface area (Å²) in [5, 5.41) is 0. The number of allylic oxidation sites excluding steroid dienone is 4. The molecule has 6 heteroatoms. The summed E-state index contributed by atoms with van der Waals surface area (Å²) in [7, 11) is 0. The van der Waals surface area contributed by atoms with Crippen LogP contribution in [0.1, 0.15) is 355 Å². The highest BCUT2D eigenvalue weighted by molar-refractivity contribution is 5.71. The van der Waals surface area contributed by atoms with Crippen LogP contribution in [0.2, 0.25) is 0 Å². The van der Waals surface area contributed by atoms with Crippen LogP contribution in [-0.4, -0.2) is 37.2 Å². The molecule has 0 aromatic carbocycles. The van der Waals surface area contributed by atoms with Gasteiger partial charge in [0.1, 0.15) is 13.2 Å². The Morgan fingerprint density at radius 1 is 0.282 bits per heavy atom. The predicted molar refractivity (Wildman–Crippen MR) is 307 cm³/mol. The third kappa shape index (κ3) is 58.7. The van der Waals surface area contributed by atoms with E-state index in [0.29, 0.717) is 19.3 Å². The summed E-state index contributed by atoms with van der Waals surface area (Å²) < 4.78 is 16.8. The van der Waals surface area contributed by atoms with Gasteiger partial charge in [-0.3, -0.25) is 14.4 Å². The zero-order valence-corrected chi connectivity index (χ0v) is 48.0. The zero-order chi connectivity index (χ0) is 51.4. The molecule has 0 aliphatic carbocycles. The number of hydrogen-bond donors (Lipinski definition) is 0. The van der Waals surface area contributed by atoms with E-state index in [2.05, 4.69) is 45.1 Å². The Kier molecular flexibility index (Phi) is 58.6. The molecule has 0 spiro atoms. The molecule has 0 saturated carbocycles. The van der Waals surface area contributed by atoms with Gasteiger partial charge in [-0.05, 0) is 51.4 Å². The molecule has 0 fully saturated rings. The predicted octanol–water partition coefficient (Wildman–Crippen LogP) is 21.4. The minimum absolute atomic E-state index is 0.0720. The van der Waals surface area contributed by atoms with Crippen LogP contribution in [0.15, 0.2) is 24.3 Å². The molecule has 0 amide bonds. The quantitative estimate of drug-likeness (QED) is 0.0261. The molecule has 1 unspecified atom stereocenters. The molecule has 0 aliphatic heterocycles. The van der Waals surface area contributed by atoms with Crippen LogP contribution in [0.4, 0.5) is 0 Å². The van der Waals surface area contributed by atoms with Gasteiger partial charge >= 0.3 is 17.9 Å². The first-order valence-corrected chi connectivity index (χ1v) is 31.8. The second kappa shape index (κ2) is 60.4. The smallest absolute Gasteiger partial charge is 0.306 e. The molecule has 1 atom stereocenters. The van der Waals surface area contributed by atoms with Crippen molar-refractivity contribution in [1.29, 1.82) is 0 Å². The lowest BCUT2D eigenvalue weighted by molar-refractivity contribution is -0.167. The molecule has 0 heterocycles. The fourth-order valence-electron chi connectivity index (χ4n) is 9.65. The zero-order valence-electron chi connectivity index (χ0n) is 48.0. The van der Waals surface area contributed by atoms with E-state index in [1.165, 1.54) is 238 Å². The van der Waals surface area contributed by atoms with Gasteiger partial charge in [-0.25, -0.2) is 0 Å². The van der Waals surface area contributed by atoms with Crippen LogP contribution in [0.5, 0.6) is 0 Å². The molecule has 0 rings (SSSR count). The van der Waals surface area contributed by atoms with Crippen molar-refractivity contribution in [3.05, 3.63) is 24.3 Å². The maximum absolute atomic E-state index is 12.8. The monoisotopic (exact) mass is 999 g/mol. The topological polar surface area (TPSA) is 78.9 Å². The number of hydrogen-bond acceptors (Lipinski definition) is 6. The fourth-order valence-corrected chi connectivity index (χ4v) is 9.65. The van der Waals surface area contributed by atoms with Crippen molar-refractivity contribution < 1.29 is 28.6 Å². The van der Waals surface area contributed by atoms with Crippen LogP contribution in [0.25, 0.3) is 0 Å². The van der Waals surface area contributed by atoms with E-state index in [1.54, 1.807) is 0 Å². The van der Waals surface area contributed by atoms with Crippen LogP contribution in [-0.2, 0) is 28.6 Å². The molecule has 71 heavy (non-hydrogen) atoms. The van der Waals surface area contributed by atoms with Crippen LogP contribution in [0, 0.1) is 0 Å². The van der Waals surface area contributed by atoms with Gasteiger partial charge < -0.3 is 14.2 Å². The minimum atomic E-state index is -0.773. The summed E-state index contributed by atoms with van der Waals surface area (Å²) in [4.78, 5) is 38.0. The molecular weight excluding hydrogens is 877 g/mol. The van der Waals surface area contributed by atoms with Crippen molar-refractivity contribution in [1.82, 2.24) is 0 Å². The highest BCUT2D eigenvalue weighted by Crippen LogP contribution is 2.18. The summed E-state index contributed by atoms with van der Waals surface area (Å²) in [6.07, 6.45) is 72.2. The summed E-state index contributed by atoms with van der Waals surface area (Å²) in [6.45, 7) is 6.64. The molecule has 0 bridgehead atoms. The summed E-state index contributed by atoms with van der Waals surface area (Å²) in [5.74, 6) is -0.869. The Morgan fingerprint density at radius 3 is 0.789 bits per heavy atom. The van der Waals surface area contributed by atoms with Crippen LogP contribution >= 0.6 is 0 Å². The Bertz CT molecular complexity index is 1150. The second-order valence-corrected chi connectivity index (χ2v) is 21.7. The minimum Gasteiger partial charge on any atom is -0.462 e. The van der Waals surface area contributed by atoms with E-state index in [-0.39, 0.29) is 31.1 Å². The molecule has 0 saturated heterocycles. The molecule has 6 nitrogen and oxygen atoms in total. The van der Waals surface area contributed by atoms with Gasteiger partial charge in [-0.1, -0.05) is 308 Å². The van der Waals surface area contributed by atoms with Gasteiger partial charge in [-0.15, -0.1) is 0 Å². The molecule has 0 radical (unpaired) electrons. The van der Waals surface area contributed by atoms with E-state index in [1.807, 2.05) is 0 Å². The Balaban J connectivity index is 4.04. The number of carbonyl (C=O) groups is 3. The number of unbranched alkanes of at least 4 members (excludes halogenated alkanes) is 44. The highest BCUT2D eigenvalue weighted by atomic mass is 16.6. The maximum atomic E-state index is 12.8. The number of esters is 3. The van der Waals surface area contributed by atoms with Gasteiger partial charge in [0.15, 0.2) is 6.10 Å². The summed E-state index contributed by atoms with van der Waals surface area (Å²) in [6, 6.07) is 0. The van der Waals surface area contributed by atoms with E-state index >= 15 is 0 Å². The van der Waals surface area contributed by atoms with Crippen LogP contribution < -0.4 is 0 Å². The summed E-state index contributed by atoms with van der Waals surface area (Å²) >= 11 is 0. The SMILES string of the molecule is CCCCCC/C=C\C/C=C\CCCCCCCC(=O)OC(COC(=O)CCCCCCCCCC)COC(=O)CCCCCCCCCCCCCCCCCCCCCCCCCCCCCCC. The van der Waals surface area contributed by atoms with Crippen molar-refractivity contribution in [3.63, 3.8) is 0 Å². The Labute approximate surface area is 443 Å². The Morgan fingerprint density at radius 2 is 0.507 bits per heavy atom. The third-order valence-corrected chi connectivity index (χ3v) is 14.5. The van der Waals surface area contributed by atoms with Crippen molar-refractivity contribution >= 4 is 17.9 Å². The van der Waals surface area contributed by atoms with Crippen molar-refractivity contribution in [2.24, 2.45) is 0 Å². The average Bonchev–Trinajstić information content (AvgIpc) is 3.37. The summed E-state index contributed by atoms with van der Waals surface area (Å²) in [5.41, 5.74) is 0. The molecule has 418 valence electrons. The molecule has 0 aliphatic rings. The van der Waals surface area contributed by atoms with Crippen LogP contribution in [0.3, 0.4) is 0 Å². The standard InChI is InChI=1S/C65H122O6/c1-4-7-10-13-16-19-21-23-25-27-28-29-30-31-32-33-34-35-36-37-38-39-41-42-44-46-49-52-55-58-64(67)70-61-62(60-69-63(66)57-54-51-48-18-15-12-9-6-3)71-65(68)59-56-53-50-47-45-43-40-26-24-22-20-17-14-11-8-5-2/h20,22,26,40,62H,4-19,21,23-25,27-39,41-61H2,1-3H3/b22-20-,40-26-. The Hall–Kier alpha value is -2.11. The third-order valence-electron chi connectivity index (χ3n) is 14.5. The average molecular weight is 1000 g/mol. The fraction of sp³-hybridized carbons (Fsp3) is 0.892. The normalized spacial score (nSPS) is 12.1. The number of ether oxygens (including phenoxy) is 3. The number of rotatable bonds is 59. The van der Waals surface area contributed by atoms with Gasteiger partial charge in [0.25, 0.3) is 0 Å². The molecule has 0 aromatic rings. The first-order chi connectivity index (χ1) is 35.0. The van der Waals surface area contributed by atoms with Gasteiger partial charge in [0.2, 0.25) is 0 Å². The first kappa shape index (κ1) is 68.9. The van der Waals surface area contributed by atoms with Gasteiger partial charge in [0, 0.05) is 19.3 Å². The first-order valence-electron chi connectivity index (χ1n) is 31.8. The number of carbonyl (C=O) groups excluding carboxylic acids is 3. The lowest BCUT2D eigenvalue weighted by Gasteiger charge is -2.18. The highest BCUT2D eigenvalue weighted by Gasteiger charge is 2.19. The van der Waals surface area contributed by atoms with Gasteiger partial charge in [0.05, 0.1) is 0 Å². The van der Waals surface area contributed by atoms with E-state index < -0.39 is 6.10 Å². The lowest BCUT2D eigenvalue weighted by atomic mass is 10.0. The van der Waals surface area contributed by atoms with Crippen molar-refractivity contribution in [3.8, 4) is 0 Å². The maximum Gasteiger partial charge on any atom is 0.306 e. The molecule has 0 N–H and O–H groups in total. The van der Waals surface area contributed by atoms with Crippen molar-refractivity contribution in [2.75, 3.05) is 13.2 Å².